The highest BCUT2D eigenvalue weighted by Crippen LogP contribution is 2.18. The molecule has 0 amide bonds. The Morgan fingerprint density at radius 1 is 1.32 bits per heavy atom. The van der Waals surface area contributed by atoms with Crippen LogP contribution in [0.15, 0.2) is 18.2 Å². The first-order chi connectivity index (χ1) is 8.90. The maximum Gasteiger partial charge on any atom is 0.320 e. The Labute approximate surface area is 110 Å². The maximum absolute atomic E-state index is 11.0. The van der Waals surface area contributed by atoms with Crippen LogP contribution in [0.3, 0.4) is 0 Å². The molecule has 0 heterocycles. The zero-order valence-electron chi connectivity index (χ0n) is 10.6. The lowest BCUT2D eigenvalue weighted by molar-refractivity contribution is -0.140. The lowest BCUT2D eigenvalue weighted by atomic mass is 10.1. The van der Waals surface area contributed by atoms with Crippen molar-refractivity contribution in [2.24, 2.45) is 0 Å². The van der Waals surface area contributed by atoms with Crippen LogP contribution in [-0.4, -0.2) is 33.3 Å². The number of phenolic OH excluding ortho intramolecular Hbond substituents is 1. The molecule has 104 valence electrons. The summed E-state index contributed by atoms with van der Waals surface area (Å²) < 4.78 is 0. The number of aliphatic carboxylic acids is 2. The molecule has 1 unspecified atom stereocenters. The van der Waals surface area contributed by atoms with E-state index in [0.29, 0.717) is 5.56 Å². The van der Waals surface area contributed by atoms with Crippen LogP contribution in [0.5, 0.6) is 5.75 Å². The third kappa shape index (κ3) is 4.97. The molecule has 1 atom stereocenters. The third-order valence-electron chi connectivity index (χ3n) is 2.72. The number of aryl methyl sites for hydroxylation is 1. The van der Waals surface area contributed by atoms with E-state index in [1.54, 1.807) is 18.2 Å². The summed E-state index contributed by atoms with van der Waals surface area (Å²) in [4.78, 5) is 21.4. The predicted octanol–water partition coefficient (Wildman–Crippen LogP) is 1.11. The van der Waals surface area contributed by atoms with Gasteiger partial charge in [0, 0.05) is 18.5 Å². The Hall–Kier alpha value is -2.08. The highest BCUT2D eigenvalue weighted by atomic mass is 16.4. The van der Waals surface area contributed by atoms with Gasteiger partial charge in [0.25, 0.3) is 0 Å². The van der Waals surface area contributed by atoms with Crippen molar-refractivity contribution < 1.29 is 24.9 Å². The van der Waals surface area contributed by atoms with Crippen LogP contribution in [0.1, 0.15) is 24.0 Å². The number of phenols is 1. The average molecular weight is 267 g/mol. The average Bonchev–Trinajstić information content (AvgIpc) is 2.32. The third-order valence-corrected chi connectivity index (χ3v) is 2.72. The molecule has 6 nitrogen and oxygen atoms in total. The van der Waals surface area contributed by atoms with Gasteiger partial charge < -0.3 is 20.6 Å². The van der Waals surface area contributed by atoms with E-state index >= 15 is 0 Å². The van der Waals surface area contributed by atoms with Crippen LogP contribution in [-0.2, 0) is 16.1 Å². The number of aromatic hydroxyl groups is 1. The van der Waals surface area contributed by atoms with Gasteiger partial charge in [-0.25, -0.2) is 0 Å². The number of rotatable bonds is 7. The summed E-state index contributed by atoms with van der Waals surface area (Å²) in [6.07, 6.45) is -0.221. The standard InChI is InChI=1S/C13H17NO5/c1-8-2-4-11(15)9(6-8)7-14-10(13(18)19)3-5-12(16)17/h2,4,6,10,14-15H,3,5,7H2,1H3,(H,16,17)(H,18,19). The van der Waals surface area contributed by atoms with Crippen molar-refractivity contribution in [2.75, 3.05) is 0 Å². The van der Waals surface area contributed by atoms with Gasteiger partial charge in [0.15, 0.2) is 0 Å². The molecular weight excluding hydrogens is 250 g/mol. The predicted molar refractivity (Wildman–Crippen MR) is 68.0 cm³/mol. The van der Waals surface area contributed by atoms with Gasteiger partial charge in [-0.2, -0.15) is 0 Å². The fourth-order valence-electron chi connectivity index (χ4n) is 1.67. The van der Waals surface area contributed by atoms with Gasteiger partial charge in [0.1, 0.15) is 11.8 Å². The van der Waals surface area contributed by atoms with Crippen molar-refractivity contribution in [2.45, 2.75) is 32.4 Å². The van der Waals surface area contributed by atoms with Crippen LogP contribution >= 0.6 is 0 Å². The first kappa shape index (κ1) is 15.0. The first-order valence-corrected chi connectivity index (χ1v) is 5.86. The summed E-state index contributed by atoms with van der Waals surface area (Å²) >= 11 is 0. The number of carboxylic acids is 2. The van der Waals surface area contributed by atoms with E-state index < -0.39 is 18.0 Å². The minimum absolute atomic E-state index is 0.00273. The molecule has 4 N–H and O–H groups in total. The van der Waals surface area contributed by atoms with E-state index in [0.717, 1.165) is 5.56 Å². The van der Waals surface area contributed by atoms with Gasteiger partial charge in [0.05, 0.1) is 0 Å². The van der Waals surface area contributed by atoms with E-state index in [9.17, 15) is 14.7 Å². The minimum atomic E-state index is -1.10. The van der Waals surface area contributed by atoms with Crippen molar-refractivity contribution in [3.63, 3.8) is 0 Å². The summed E-state index contributed by atoms with van der Waals surface area (Å²) in [5, 5.41) is 29.9. The lowest BCUT2D eigenvalue weighted by Gasteiger charge is -2.14. The Morgan fingerprint density at radius 2 is 2.00 bits per heavy atom. The second-order valence-corrected chi connectivity index (χ2v) is 4.34. The van der Waals surface area contributed by atoms with Crippen LogP contribution in [0.4, 0.5) is 0 Å². The molecule has 0 radical (unpaired) electrons. The van der Waals surface area contributed by atoms with E-state index in [1.165, 1.54) is 0 Å². The number of carboxylic acid groups (broad SMARTS) is 2. The second kappa shape index (κ2) is 6.75. The molecule has 1 rings (SSSR count). The zero-order valence-corrected chi connectivity index (χ0v) is 10.6. The van der Waals surface area contributed by atoms with E-state index in [-0.39, 0.29) is 25.1 Å². The molecule has 0 aliphatic rings. The van der Waals surface area contributed by atoms with E-state index in [2.05, 4.69) is 5.32 Å². The highest BCUT2D eigenvalue weighted by molar-refractivity contribution is 5.75. The molecule has 0 bridgehead atoms. The number of nitrogens with one attached hydrogen (secondary N) is 1. The number of benzene rings is 1. The van der Waals surface area contributed by atoms with Crippen molar-refractivity contribution in [1.29, 1.82) is 0 Å². The topological polar surface area (TPSA) is 107 Å². The fourth-order valence-corrected chi connectivity index (χ4v) is 1.67. The monoisotopic (exact) mass is 267 g/mol. The van der Waals surface area contributed by atoms with Crippen molar-refractivity contribution in [3.8, 4) is 5.75 Å². The highest BCUT2D eigenvalue weighted by Gasteiger charge is 2.18. The first-order valence-electron chi connectivity index (χ1n) is 5.86. The van der Waals surface area contributed by atoms with Gasteiger partial charge in [-0.15, -0.1) is 0 Å². The van der Waals surface area contributed by atoms with Crippen LogP contribution in [0.2, 0.25) is 0 Å². The molecule has 19 heavy (non-hydrogen) atoms. The molecule has 0 aliphatic heterocycles. The quantitative estimate of drug-likeness (QED) is 0.589. The molecular formula is C13H17NO5. The van der Waals surface area contributed by atoms with Gasteiger partial charge >= 0.3 is 11.9 Å². The summed E-state index contributed by atoms with van der Waals surface area (Å²) in [6, 6.07) is 4.09. The Balaban J connectivity index is 2.63. The number of hydrogen-bond donors (Lipinski definition) is 4. The Bertz CT molecular complexity index is 472. The Kier molecular flexibility index (Phi) is 5.32. The molecule has 0 spiro atoms. The van der Waals surface area contributed by atoms with Gasteiger partial charge in [0.2, 0.25) is 0 Å². The number of hydrogen-bond acceptors (Lipinski definition) is 4. The van der Waals surface area contributed by atoms with Crippen LogP contribution in [0.25, 0.3) is 0 Å². The number of carbonyl (C=O) groups is 2. The van der Waals surface area contributed by atoms with Crippen LogP contribution in [0, 0.1) is 6.92 Å². The molecule has 0 aliphatic carbocycles. The van der Waals surface area contributed by atoms with E-state index in [1.807, 2.05) is 6.92 Å². The largest absolute Gasteiger partial charge is 0.508 e. The smallest absolute Gasteiger partial charge is 0.320 e. The SMILES string of the molecule is Cc1ccc(O)c(CNC(CCC(=O)O)C(=O)O)c1. The zero-order chi connectivity index (χ0) is 14.4. The summed E-state index contributed by atoms with van der Waals surface area (Å²) in [5.74, 6) is -2.06. The lowest BCUT2D eigenvalue weighted by Crippen LogP contribution is -2.36. The molecule has 0 saturated carbocycles. The normalized spacial score (nSPS) is 12.1. The second-order valence-electron chi connectivity index (χ2n) is 4.34. The minimum Gasteiger partial charge on any atom is -0.508 e. The molecule has 0 aromatic heterocycles. The fraction of sp³-hybridized carbons (Fsp3) is 0.385. The van der Waals surface area contributed by atoms with Crippen molar-refractivity contribution in [3.05, 3.63) is 29.3 Å². The summed E-state index contributed by atoms with van der Waals surface area (Å²) in [6.45, 7) is 2.03. The Morgan fingerprint density at radius 3 is 2.58 bits per heavy atom. The maximum atomic E-state index is 11.0. The molecule has 1 aromatic carbocycles. The van der Waals surface area contributed by atoms with Gasteiger partial charge in [-0.1, -0.05) is 17.7 Å². The molecule has 1 aromatic rings. The molecule has 0 fully saturated rings. The van der Waals surface area contributed by atoms with Crippen LogP contribution < -0.4 is 5.32 Å². The summed E-state index contributed by atoms with van der Waals surface area (Å²) in [5.41, 5.74) is 1.54. The molecule has 0 saturated heterocycles. The van der Waals surface area contributed by atoms with Crippen molar-refractivity contribution >= 4 is 11.9 Å². The van der Waals surface area contributed by atoms with E-state index in [4.69, 9.17) is 10.2 Å². The van der Waals surface area contributed by atoms with Crippen molar-refractivity contribution in [1.82, 2.24) is 5.32 Å². The summed E-state index contributed by atoms with van der Waals surface area (Å²) in [7, 11) is 0. The molecule has 6 heteroatoms. The van der Waals surface area contributed by atoms with Gasteiger partial charge in [-0.3, -0.25) is 9.59 Å². The van der Waals surface area contributed by atoms with Gasteiger partial charge in [-0.05, 0) is 19.4 Å².